The quantitative estimate of drug-likeness (QED) is 0.803. The second-order valence-electron chi connectivity index (χ2n) is 7.76. The first-order valence-electron chi connectivity index (χ1n) is 10.0. The molecule has 0 aliphatic heterocycles. The van der Waals surface area contributed by atoms with Gasteiger partial charge >= 0.3 is 0 Å². The third-order valence-electron chi connectivity index (χ3n) is 6.17. The predicted molar refractivity (Wildman–Crippen MR) is 111 cm³/mol. The molecule has 146 valence electrons. The summed E-state index contributed by atoms with van der Waals surface area (Å²) >= 11 is 0. The van der Waals surface area contributed by atoms with Crippen LogP contribution >= 0.6 is 0 Å². The largest absolute Gasteiger partial charge is 0.457 e. The first-order chi connectivity index (χ1) is 14.6. The Morgan fingerprint density at radius 2 is 1.70 bits per heavy atom. The molecule has 1 fully saturated rings. The van der Waals surface area contributed by atoms with Crippen LogP contribution in [0.25, 0.3) is 0 Å². The summed E-state index contributed by atoms with van der Waals surface area (Å²) in [5, 5.41) is 36.4. The Labute approximate surface area is 176 Å². The number of hydrogen-bond acceptors (Lipinski definition) is 4. The summed E-state index contributed by atoms with van der Waals surface area (Å²) in [5.74, 6) is 0.101. The minimum absolute atomic E-state index is 0.0815. The zero-order valence-corrected chi connectivity index (χ0v) is 16.5. The molecule has 30 heavy (non-hydrogen) atoms. The third-order valence-corrected chi connectivity index (χ3v) is 6.17. The van der Waals surface area contributed by atoms with Gasteiger partial charge in [-0.2, -0.15) is 15.8 Å². The lowest BCUT2D eigenvalue weighted by Crippen LogP contribution is -2.60. The van der Waals surface area contributed by atoms with Crippen molar-refractivity contribution in [1.29, 1.82) is 15.8 Å². The van der Waals surface area contributed by atoms with E-state index in [-0.39, 0.29) is 11.6 Å². The average Bonchev–Trinajstić information content (AvgIpc) is 2.79. The van der Waals surface area contributed by atoms with Gasteiger partial charge in [0.2, 0.25) is 11.1 Å². The number of fused-ring (bicyclic) bond motifs is 1. The van der Waals surface area contributed by atoms with Crippen LogP contribution in [-0.2, 0) is 0 Å². The maximum Gasteiger partial charge on any atom is 0.230 e. The fourth-order valence-electron chi connectivity index (χ4n) is 4.82. The first kappa shape index (κ1) is 19.4. The summed E-state index contributed by atoms with van der Waals surface area (Å²) in [6.45, 7) is 0. The van der Waals surface area contributed by atoms with Crippen molar-refractivity contribution in [2.24, 2.45) is 17.3 Å². The number of benzene rings is 2. The van der Waals surface area contributed by atoms with Crippen LogP contribution < -0.4 is 10.1 Å². The molecule has 0 aromatic heterocycles. The number of para-hydroxylation sites is 1. The molecule has 4 rings (SSSR count). The molecule has 5 nitrogen and oxygen atoms in total. The van der Waals surface area contributed by atoms with Gasteiger partial charge in [-0.15, -0.1) is 0 Å². The van der Waals surface area contributed by atoms with Gasteiger partial charge in [0.25, 0.3) is 0 Å². The third kappa shape index (κ3) is 3.04. The molecule has 5 heteroatoms. The monoisotopic (exact) mass is 393 g/mol. The highest BCUT2D eigenvalue weighted by atomic mass is 16.5. The molecule has 2 N–H and O–H groups in total. The summed E-state index contributed by atoms with van der Waals surface area (Å²) in [6.07, 6.45) is 4.73. The minimum atomic E-state index is -1.56. The van der Waals surface area contributed by atoms with Crippen molar-refractivity contribution < 1.29 is 10.1 Å². The number of hydrogen-bond donors (Lipinski definition) is 1. The summed E-state index contributed by atoms with van der Waals surface area (Å²) in [4.78, 5) is 0. The highest BCUT2D eigenvalue weighted by Gasteiger charge is 2.60. The van der Waals surface area contributed by atoms with Crippen molar-refractivity contribution in [2.75, 3.05) is 0 Å². The molecule has 0 saturated heterocycles. The highest BCUT2D eigenvalue weighted by molar-refractivity contribution is 5.98. The van der Waals surface area contributed by atoms with Gasteiger partial charge in [0.05, 0.1) is 18.2 Å². The van der Waals surface area contributed by atoms with E-state index in [1.54, 1.807) is 0 Å². The van der Waals surface area contributed by atoms with Gasteiger partial charge in [0.15, 0.2) is 0 Å². The minimum Gasteiger partial charge on any atom is -0.457 e. The summed E-state index contributed by atoms with van der Waals surface area (Å²) in [7, 11) is 0. The van der Waals surface area contributed by atoms with Gasteiger partial charge in [0, 0.05) is 5.92 Å². The lowest BCUT2D eigenvalue weighted by atomic mass is 9.53. The van der Waals surface area contributed by atoms with E-state index in [2.05, 4.69) is 24.3 Å². The summed E-state index contributed by atoms with van der Waals surface area (Å²) < 4.78 is 5.98. The molecule has 2 aliphatic carbocycles. The van der Waals surface area contributed by atoms with Crippen LogP contribution in [0.3, 0.4) is 0 Å². The van der Waals surface area contributed by atoms with Gasteiger partial charge in [0.1, 0.15) is 17.4 Å². The average molecular weight is 393 g/mol. The van der Waals surface area contributed by atoms with Crippen LogP contribution in [0, 0.1) is 51.2 Å². The molecule has 2 aromatic carbocycles. The number of rotatable bonds is 3. The van der Waals surface area contributed by atoms with Crippen molar-refractivity contribution in [2.45, 2.75) is 25.2 Å². The van der Waals surface area contributed by atoms with E-state index in [1.807, 2.05) is 54.6 Å². The van der Waals surface area contributed by atoms with Gasteiger partial charge in [-0.3, -0.25) is 5.41 Å². The lowest BCUT2D eigenvalue weighted by Gasteiger charge is -2.43. The van der Waals surface area contributed by atoms with E-state index in [9.17, 15) is 15.8 Å². The van der Waals surface area contributed by atoms with Crippen LogP contribution in [0.5, 0.6) is 11.5 Å². The van der Waals surface area contributed by atoms with Crippen molar-refractivity contribution in [3.63, 3.8) is 0 Å². The molecule has 1 saturated carbocycles. The van der Waals surface area contributed by atoms with Crippen LogP contribution in [0.15, 0.2) is 66.2 Å². The van der Waals surface area contributed by atoms with Crippen LogP contribution in [0.1, 0.15) is 30.7 Å². The van der Waals surface area contributed by atoms with E-state index in [1.165, 1.54) is 0 Å². The smallest absolute Gasteiger partial charge is 0.230 e. The molecular formula is C25H21N4O+. The second kappa shape index (κ2) is 7.86. The molecule has 2 aromatic rings. The molecule has 0 heterocycles. The van der Waals surface area contributed by atoms with Crippen LogP contribution in [0.2, 0.25) is 0 Å². The topological polar surface area (TPSA) is 106 Å². The fraction of sp³-hybridized carbons (Fsp3) is 0.280. The highest BCUT2D eigenvalue weighted by Crippen LogP contribution is 2.54. The van der Waals surface area contributed by atoms with Crippen molar-refractivity contribution in [3.05, 3.63) is 71.8 Å². The van der Waals surface area contributed by atoms with Gasteiger partial charge in [-0.05, 0) is 60.6 Å². The van der Waals surface area contributed by atoms with Gasteiger partial charge < -0.3 is 4.74 Å². The number of allylic oxidation sites excluding steroid dienone is 2. The Morgan fingerprint density at radius 1 is 0.967 bits per heavy atom. The van der Waals surface area contributed by atoms with E-state index in [4.69, 9.17) is 10.1 Å². The number of nitrogens with zero attached hydrogens (tertiary/aromatic N) is 3. The molecule has 0 amide bonds. The Balaban J connectivity index is 1.82. The second-order valence-corrected chi connectivity index (χ2v) is 7.76. The Bertz CT molecular complexity index is 1120. The van der Waals surface area contributed by atoms with Gasteiger partial charge in [-0.1, -0.05) is 36.4 Å². The standard InChI is InChI=1S/C25H20N4O/c26-14-22-20-11-4-5-12-21(20)23(25(15-27,16-28)24(22)29)17-7-6-10-19(13-17)30-18-8-2-1-3-9-18/h1-3,6-11,13,21-23,29H,4-5,12H2/p+1/t21-,22-,23+/m0/s1. The van der Waals surface area contributed by atoms with E-state index >= 15 is 0 Å². The fourth-order valence-corrected chi connectivity index (χ4v) is 4.82. The zero-order valence-electron chi connectivity index (χ0n) is 16.5. The van der Waals surface area contributed by atoms with Crippen LogP contribution in [-0.4, -0.2) is 5.71 Å². The molecule has 3 atom stereocenters. The predicted octanol–water partition coefficient (Wildman–Crippen LogP) is 3.68. The molecule has 2 aliphatic rings. The number of ether oxygens (including phenoxy) is 1. The number of nitriles is 3. The molecular weight excluding hydrogens is 372 g/mol. The first-order valence-corrected chi connectivity index (χ1v) is 10.0. The molecule has 0 bridgehead atoms. The zero-order chi connectivity index (χ0) is 21.1. The maximum atomic E-state index is 10.1. The Morgan fingerprint density at radius 3 is 2.40 bits per heavy atom. The SMILES string of the molecule is N#C[C@@H]1C(=[NH2+])C(C#N)(C#N)[C@H](c2cccc(Oc3ccccc3)c2)[C@H]2CCCC=C12. The van der Waals surface area contributed by atoms with E-state index in [0.29, 0.717) is 11.5 Å². The molecule has 0 unspecified atom stereocenters. The van der Waals surface area contributed by atoms with E-state index in [0.717, 1.165) is 30.4 Å². The lowest BCUT2D eigenvalue weighted by molar-refractivity contribution is -0.128. The summed E-state index contributed by atoms with van der Waals surface area (Å²) in [5.41, 5.74) is 0.342. The van der Waals surface area contributed by atoms with Crippen molar-refractivity contribution in [1.82, 2.24) is 0 Å². The van der Waals surface area contributed by atoms with E-state index < -0.39 is 17.3 Å². The van der Waals surface area contributed by atoms with Crippen molar-refractivity contribution >= 4 is 5.71 Å². The number of nitrogens with two attached hydrogens (primary N) is 1. The normalized spacial score (nSPS) is 24.4. The van der Waals surface area contributed by atoms with Crippen LogP contribution in [0.4, 0.5) is 0 Å². The maximum absolute atomic E-state index is 10.1. The van der Waals surface area contributed by atoms with Gasteiger partial charge in [-0.25, -0.2) is 0 Å². The summed E-state index contributed by atoms with van der Waals surface area (Å²) in [6, 6.07) is 23.6. The molecule has 0 radical (unpaired) electrons. The van der Waals surface area contributed by atoms with Crippen molar-refractivity contribution in [3.8, 4) is 29.7 Å². The Hall–Kier alpha value is -3.88. The Kier molecular flexibility index (Phi) is 5.09. The molecule has 0 spiro atoms.